The van der Waals surface area contributed by atoms with Gasteiger partial charge >= 0.3 is 0 Å². The highest BCUT2D eigenvalue weighted by atomic mass is 32.2. The topological polar surface area (TPSA) is 209 Å². The van der Waals surface area contributed by atoms with Gasteiger partial charge in [0.2, 0.25) is 0 Å². The van der Waals surface area contributed by atoms with Crippen LogP contribution in [0.3, 0.4) is 0 Å². The van der Waals surface area contributed by atoms with Gasteiger partial charge in [-0.15, -0.1) is 0 Å². The van der Waals surface area contributed by atoms with Crippen molar-refractivity contribution in [3.63, 3.8) is 0 Å². The van der Waals surface area contributed by atoms with E-state index in [0.717, 1.165) is 32.4 Å². The van der Waals surface area contributed by atoms with Gasteiger partial charge in [0, 0.05) is 35.7 Å². The van der Waals surface area contributed by atoms with Crippen LogP contribution in [0, 0.1) is 22.7 Å². The SMILES string of the molecule is CS(=O)(=O)O.N#Cc1c[nH]c2nccc(-c3cccc(O)c3)c12.N#Cc1cnc2n(O)ccc(-c3cccc(O)c3)c1-2. The minimum absolute atomic E-state index is 0.143. The molecular weight excluding hydrogens is 560 g/mol. The Morgan fingerprint density at radius 3 is 2.05 bits per heavy atom. The molecule has 12 nitrogen and oxygen atoms in total. The molecule has 0 bridgehead atoms. The highest BCUT2D eigenvalue weighted by molar-refractivity contribution is 7.85. The monoisotopic (exact) mass is 582 g/mol. The first-order valence-corrected chi connectivity index (χ1v) is 13.8. The second-order valence-electron chi connectivity index (χ2n) is 8.79. The fourth-order valence-corrected chi connectivity index (χ4v) is 4.17. The standard InChI is InChI=1S/C14H9N3O2.C14H9N3O.CH4O3S/c15-7-10-8-16-14-13(10)12(4-5-17(14)19)9-2-1-3-11(18)6-9;15-7-10-8-17-14-13(10)12(4-5-16-14)9-2-1-3-11(18)6-9;1-5(2,3)4/h1-6,8,18-19H;1-6,8,18H,(H,16,17);1H3,(H,2,3,4). The molecule has 2 aromatic carbocycles. The number of nitriles is 2. The van der Waals surface area contributed by atoms with Crippen molar-refractivity contribution in [3.8, 4) is 57.3 Å². The molecular formula is C29H22N6O6S. The lowest BCUT2D eigenvalue weighted by molar-refractivity contribution is 0.187. The second-order valence-corrected chi connectivity index (χ2v) is 10.3. The van der Waals surface area contributed by atoms with Gasteiger partial charge in [-0.1, -0.05) is 24.3 Å². The fraction of sp³-hybridized carbons (Fsp3) is 0.0345. The number of nitrogens with zero attached hydrogens (tertiary/aromatic N) is 5. The number of phenolic OH excluding ortho intramolecular Hbond substituents is 2. The zero-order chi connectivity index (χ0) is 30.4. The first-order valence-electron chi connectivity index (χ1n) is 12.0. The number of benzene rings is 2. The Hall–Kier alpha value is -5.89. The van der Waals surface area contributed by atoms with Crippen LogP contribution in [0.15, 0.2) is 85.5 Å². The van der Waals surface area contributed by atoms with Gasteiger partial charge in [-0.3, -0.25) is 4.55 Å². The molecule has 210 valence electrons. The lowest BCUT2D eigenvalue weighted by atomic mass is 9.98. The molecule has 0 unspecified atom stereocenters. The molecule has 0 radical (unpaired) electrons. The molecule has 0 atom stereocenters. The van der Waals surface area contributed by atoms with Gasteiger partial charge in [0.25, 0.3) is 10.1 Å². The molecule has 0 amide bonds. The van der Waals surface area contributed by atoms with E-state index in [-0.39, 0.29) is 11.5 Å². The van der Waals surface area contributed by atoms with Crippen LogP contribution in [0.4, 0.5) is 0 Å². The third-order valence-electron chi connectivity index (χ3n) is 5.81. The van der Waals surface area contributed by atoms with Crippen LogP contribution in [0.2, 0.25) is 0 Å². The van der Waals surface area contributed by atoms with E-state index in [0.29, 0.717) is 34.4 Å². The fourth-order valence-electron chi connectivity index (χ4n) is 4.17. The van der Waals surface area contributed by atoms with E-state index < -0.39 is 10.1 Å². The number of hydrogen-bond donors (Lipinski definition) is 5. The van der Waals surface area contributed by atoms with E-state index in [4.69, 9.17) is 15.1 Å². The average molecular weight is 583 g/mol. The largest absolute Gasteiger partial charge is 0.508 e. The first-order chi connectivity index (χ1) is 20.0. The second kappa shape index (κ2) is 12.1. The minimum atomic E-state index is -3.67. The van der Waals surface area contributed by atoms with Crippen molar-refractivity contribution in [2.24, 2.45) is 0 Å². The maximum absolute atomic E-state index is 9.70. The third-order valence-corrected chi connectivity index (χ3v) is 5.81. The molecule has 0 fully saturated rings. The molecule has 5 N–H and O–H groups in total. The van der Waals surface area contributed by atoms with Gasteiger partial charge in [0.1, 0.15) is 29.3 Å². The van der Waals surface area contributed by atoms with Crippen molar-refractivity contribution < 1.29 is 28.4 Å². The molecule has 0 aliphatic carbocycles. The van der Waals surface area contributed by atoms with Crippen LogP contribution in [0.25, 0.3) is 44.7 Å². The van der Waals surface area contributed by atoms with Crippen LogP contribution >= 0.6 is 0 Å². The normalized spacial score (nSPS) is 10.6. The Bertz CT molecular complexity index is 2050. The summed E-state index contributed by atoms with van der Waals surface area (Å²) < 4.78 is 26.7. The predicted molar refractivity (Wildman–Crippen MR) is 153 cm³/mol. The number of rotatable bonds is 2. The van der Waals surface area contributed by atoms with Gasteiger partial charge < -0.3 is 20.4 Å². The molecule has 2 aliphatic heterocycles. The van der Waals surface area contributed by atoms with E-state index in [1.165, 1.54) is 12.4 Å². The number of phenols is 2. The van der Waals surface area contributed by atoms with Crippen molar-refractivity contribution in [1.82, 2.24) is 19.7 Å². The molecule has 0 saturated heterocycles. The number of aromatic amines is 1. The summed E-state index contributed by atoms with van der Waals surface area (Å²) in [4.78, 5) is 11.2. The van der Waals surface area contributed by atoms with Crippen molar-refractivity contribution in [3.05, 3.63) is 96.6 Å². The van der Waals surface area contributed by atoms with Crippen molar-refractivity contribution in [2.75, 3.05) is 6.26 Å². The summed E-state index contributed by atoms with van der Waals surface area (Å²) in [5.41, 5.74) is 5.42. The first kappa shape index (κ1) is 29.1. The van der Waals surface area contributed by atoms with Crippen LogP contribution in [0.5, 0.6) is 11.5 Å². The Morgan fingerprint density at radius 1 is 0.881 bits per heavy atom. The number of nitrogens with one attached hydrogen (secondary N) is 1. The molecule has 0 spiro atoms. The summed E-state index contributed by atoms with van der Waals surface area (Å²) in [5.74, 6) is 0.660. The number of fused-ring (bicyclic) bond motifs is 2. The van der Waals surface area contributed by atoms with E-state index in [2.05, 4.69) is 27.1 Å². The van der Waals surface area contributed by atoms with E-state index in [1.807, 2.05) is 18.2 Å². The van der Waals surface area contributed by atoms with Crippen molar-refractivity contribution >= 4 is 21.2 Å². The summed E-state index contributed by atoms with van der Waals surface area (Å²) in [6.45, 7) is 0. The summed E-state index contributed by atoms with van der Waals surface area (Å²) in [5, 5.41) is 47.8. The van der Waals surface area contributed by atoms with E-state index >= 15 is 0 Å². The summed E-state index contributed by atoms with van der Waals surface area (Å²) in [6, 6.07) is 21.4. The van der Waals surface area contributed by atoms with Gasteiger partial charge in [-0.05, 0) is 58.7 Å². The molecule has 0 saturated carbocycles. The van der Waals surface area contributed by atoms with Gasteiger partial charge in [-0.2, -0.15) is 23.7 Å². The van der Waals surface area contributed by atoms with Crippen LogP contribution in [0.1, 0.15) is 11.1 Å². The quantitative estimate of drug-likeness (QED) is 0.139. The molecule has 13 heteroatoms. The van der Waals surface area contributed by atoms with Gasteiger partial charge in [0.15, 0.2) is 5.82 Å². The number of H-pyrrole nitrogens is 1. The Morgan fingerprint density at radius 2 is 1.48 bits per heavy atom. The van der Waals surface area contributed by atoms with Crippen LogP contribution < -0.4 is 0 Å². The summed E-state index contributed by atoms with van der Waals surface area (Å²) in [6.07, 6.45) is 6.91. The number of aromatic nitrogens is 4. The number of pyridine rings is 2. The molecule has 4 aromatic rings. The maximum Gasteiger partial charge on any atom is 0.261 e. The van der Waals surface area contributed by atoms with Crippen LogP contribution in [-0.4, -0.2) is 54.3 Å². The van der Waals surface area contributed by atoms with Crippen molar-refractivity contribution in [2.45, 2.75) is 0 Å². The number of aromatic hydroxyl groups is 2. The Balaban J connectivity index is 0.000000167. The highest BCUT2D eigenvalue weighted by Crippen LogP contribution is 2.36. The molecule has 4 heterocycles. The summed E-state index contributed by atoms with van der Waals surface area (Å²) in [7, 11) is -3.67. The highest BCUT2D eigenvalue weighted by Gasteiger charge is 2.20. The zero-order valence-corrected chi connectivity index (χ0v) is 22.6. The Labute approximate surface area is 239 Å². The maximum atomic E-state index is 9.70. The lowest BCUT2D eigenvalue weighted by Crippen LogP contribution is -2.00. The van der Waals surface area contributed by atoms with Crippen LogP contribution in [-0.2, 0) is 10.1 Å². The van der Waals surface area contributed by atoms with Gasteiger partial charge in [-0.25, -0.2) is 9.97 Å². The zero-order valence-electron chi connectivity index (χ0n) is 21.8. The molecule has 6 rings (SSSR count). The lowest BCUT2D eigenvalue weighted by Gasteiger charge is -2.11. The summed E-state index contributed by atoms with van der Waals surface area (Å²) >= 11 is 0. The minimum Gasteiger partial charge on any atom is -0.508 e. The number of hydrogen-bond acceptors (Lipinski definition) is 9. The molecule has 2 aromatic heterocycles. The van der Waals surface area contributed by atoms with E-state index in [9.17, 15) is 23.8 Å². The van der Waals surface area contributed by atoms with Crippen molar-refractivity contribution in [1.29, 1.82) is 10.5 Å². The average Bonchev–Trinajstić information content (AvgIpc) is 3.58. The smallest absolute Gasteiger partial charge is 0.261 e. The molecule has 2 aliphatic rings. The Kier molecular flexibility index (Phi) is 8.38. The van der Waals surface area contributed by atoms with E-state index in [1.54, 1.807) is 54.9 Å². The predicted octanol–water partition coefficient (Wildman–Crippen LogP) is 4.78. The van der Waals surface area contributed by atoms with Gasteiger partial charge in [0.05, 0.1) is 17.4 Å². The molecule has 42 heavy (non-hydrogen) atoms. The third kappa shape index (κ3) is 6.63.